The lowest BCUT2D eigenvalue weighted by atomic mass is 9.98. The number of nitrogens with zero attached hydrogens (tertiary/aromatic N) is 3. The number of rotatable bonds is 4. The van der Waals surface area contributed by atoms with E-state index in [-0.39, 0.29) is 0 Å². The van der Waals surface area contributed by atoms with Crippen molar-refractivity contribution < 1.29 is 0 Å². The quantitative estimate of drug-likeness (QED) is 0.210. The number of fused-ring (bicyclic) bond motifs is 6. The molecule has 0 saturated carbocycles. The van der Waals surface area contributed by atoms with Gasteiger partial charge in [-0.3, -0.25) is 0 Å². The summed E-state index contributed by atoms with van der Waals surface area (Å²) in [7, 11) is 0. The van der Waals surface area contributed by atoms with Crippen molar-refractivity contribution in [2.24, 2.45) is 0 Å². The molecule has 0 amide bonds. The third kappa shape index (κ3) is 4.21. The summed E-state index contributed by atoms with van der Waals surface area (Å²) in [6.07, 6.45) is 0. The minimum Gasteiger partial charge on any atom is -0.309 e. The summed E-state index contributed by atoms with van der Waals surface area (Å²) in [4.78, 5) is 10.1. The van der Waals surface area contributed by atoms with Crippen LogP contribution in [0.15, 0.2) is 164 Å². The zero-order valence-electron chi connectivity index (χ0n) is 24.4. The van der Waals surface area contributed by atoms with Crippen LogP contribution < -0.4 is 0 Å². The van der Waals surface area contributed by atoms with Gasteiger partial charge in [-0.1, -0.05) is 127 Å². The topological polar surface area (TPSA) is 30.7 Å². The van der Waals surface area contributed by atoms with Gasteiger partial charge in [-0.25, -0.2) is 9.97 Å². The standard InChI is InChI=1S/C42H27N3/c1-4-13-29(14-5-1)40-37-27-31(21-24-38(37)43-42(44-40)30-15-6-2-7-16-30)32-22-25-39-36(26-32)35-23-20-28-12-10-11-19-34(28)41(35)45(39)33-17-8-3-9-18-33/h1-27H. The van der Waals surface area contributed by atoms with E-state index in [0.29, 0.717) is 0 Å². The van der Waals surface area contributed by atoms with Gasteiger partial charge in [-0.15, -0.1) is 0 Å². The van der Waals surface area contributed by atoms with Crippen LogP contribution in [-0.4, -0.2) is 14.5 Å². The molecule has 210 valence electrons. The smallest absolute Gasteiger partial charge is 0.160 e. The molecule has 0 aliphatic rings. The summed E-state index contributed by atoms with van der Waals surface area (Å²) >= 11 is 0. The molecule has 0 aliphatic heterocycles. The normalized spacial score (nSPS) is 11.6. The summed E-state index contributed by atoms with van der Waals surface area (Å²) < 4.78 is 2.41. The summed E-state index contributed by atoms with van der Waals surface area (Å²) in [6, 6.07) is 57.9. The SMILES string of the molecule is c1ccc(-c2nc(-c3ccccc3)c3cc(-c4ccc5c(c4)c4ccc6ccccc6c4n5-c4ccccc4)ccc3n2)cc1. The molecule has 7 aromatic carbocycles. The fourth-order valence-electron chi connectivity index (χ4n) is 6.65. The second-order valence-electron chi connectivity index (χ2n) is 11.4. The first-order valence-electron chi connectivity index (χ1n) is 15.3. The predicted molar refractivity (Wildman–Crippen MR) is 188 cm³/mol. The first-order chi connectivity index (χ1) is 22.3. The molecule has 0 bridgehead atoms. The molecule has 9 aromatic rings. The molecule has 3 heteroatoms. The highest BCUT2D eigenvalue weighted by atomic mass is 15.0. The van der Waals surface area contributed by atoms with Crippen molar-refractivity contribution in [2.45, 2.75) is 0 Å². The highest BCUT2D eigenvalue weighted by molar-refractivity contribution is 6.19. The lowest BCUT2D eigenvalue weighted by Crippen LogP contribution is -1.95. The van der Waals surface area contributed by atoms with E-state index >= 15 is 0 Å². The zero-order chi connectivity index (χ0) is 29.7. The average molecular weight is 574 g/mol. The molecule has 0 fully saturated rings. The molecular formula is C42H27N3. The van der Waals surface area contributed by atoms with E-state index in [1.54, 1.807) is 0 Å². The average Bonchev–Trinajstić information content (AvgIpc) is 3.46. The summed E-state index contributed by atoms with van der Waals surface area (Å²) in [5, 5.41) is 6.01. The Kier molecular flexibility index (Phi) is 5.82. The van der Waals surface area contributed by atoms with Gasteiger partial charge in [0.1, 0.15) is 0 Å². The van der Waals surface area contributed by atoms with Crippen LogP contribution >= 0.6 is 0 Å². The number of hydrogen-bond donors (Lipinski definition) is 0. The minimum absolute atomic E-state index is 0.733. The number of aromatic nitrogens is 3. The van der Waals surface area contributed by atoms with Gasteiger partial charge in [0.25, 0.3) is 0 Å². The van der Waals surface area contributed by atoms with Crippen LogP contribution in [0.1, 0.15) is 0 Å². The zero-order valence-corrected chi connectivity index (χ0v) is 24.4. The van der Waals surface area contributed by atoms with E-state index in [4.69, 9.17) is 9.97 Å². The van der Waals surface area contributed by atoms with E-state index in [9.17, 15) is 0 Å². The summed E-state index contributed by atoms with van der Waals surface area (Å²) in [5.74, 6) is 0.733. The number of hydrogen-bond acceptors (Lipinski definition) is 2. The van der Waals surface area contributed by atoms with Crippen molar-refractivity contribution >= 4 is 43.5 Å². The highest BCUT2D eigenvalue weighted by Gasteiger charge is 2.17. The van der Waals surface area contributed by atoms with Crippen molar-refractivity contribution in [1.82, 2.24) is 14.5 Å². The highest BCUT2D eigenvalue weighted by Crippen LogP contribution is 2.39. The van der Waals surface area contributed by atoms with Crippen molar-refractivity contribution in [3.05, 3.63) is 164 Å². The Bertz CT molecular complexity index is 2510. The first kappa shape index (κ1) is 25.4. The second-order valence-corrected chi connectivity index (χ2v) is 11.4. The molecule has 0 radical (unpaired) electrons. The maximum atomic E-state index is 5.12. The largest absolute Gasteiger partial charge is 0.309 e. The molecule has 0 spiro atoms. The van der Waals surface area contributed by atoms with Crippen LogP contribution in [0.5, 0.6) is 0 Å². The van der Waals surface area contributed by atoms with Crippen LogP contribution in [0, 0.1) is 0 Å². The van der Waals surface area contributed by atoms with Gasteiger partial charge in [0.2, 0.25) is 0 Å². The maximum absolute atomic E-state index is 5.12. The summed E-state index contributed by atoms with van der Waals surface area (Å²) in [5.41, 5.74) is 9.84. The molecule has 45 heavy (non-hydrogen) atoms. The third-order valence-corrected chi connectivity index (χ3v) is 8.77. The van der Waals surface area contributed by atoms with Crippen molar-refractivity contribution in [1.29, 1.82) is 0 Å². The first-order valence-corrected chi connectivity index (χ1v) is 15.3. The molecule has 0 unspecified atom stereocenters. The molecule has 0 atom stereocenters. The Morgan fingerprint density at radius 1 is 0.400 bits per heavy atom. The molecule has 2 heterocycles. The van der Waals surface area contributed by atoms with Gasteiger partial charge in [0.05, 0.1) is 22.2 Å². The van der Waals surface area contributed by atoms with Crippen molar-refractivity contribution in [3.63, 3.8) is 0 Å². The lowest BCUT2D eigenvalue weighted by Gasteiger charge is -2.12. The molecule has 2 aromatic heterocycles. The van der Waals surface area contributed by atoms with Gasteiger partial charge in [0, 0.05) is 38.4 Å². The fraction of sp³-hybridized carbons (Fsp3) is 0. The fourth-order valence-corrected chi connectivity index (χ4v) is 6.65. The van der Waals surface area contributed by atoms with Crippen LogP contribution in [0.4, 0.5) is 0 Å². The van der Waals surface area contributed by atoms with Crippen LogP contribution in [-0.2, 0) is 0 Å². The van der Waals surface area contributed by atoms with E-state index in [2.05, 4.69) is 144 Å². The van der Waals surface area contributed by atoms with Gasteiger partial charge in [-0.2, -0.15) is 0 Å². The van der Waals surface area contributed by atoms with Crippen LogP contribution in [0.25, 0.3) is 82.9 Å². The number of para-hydroxylation sites is 1. The third-order valence-electron chi connectivity index (χ3n) is 8.77. The molecule has 9 rings (SSSR count). The van der Waals surface area contributed by atoms with Gasteiger partial charge >= 0.3 is 0 Å². The van der Waals surface area contributed by atoms with Gasteiger partial charge < -0.3 is 4.57 Å². The molecule has 0 aliphatic carbocycles. The van der Waals surface area contributed by atoms with E-state index < -0.39 is 0 Å². The second kappa shape index (κ2) is 10.3. The van der Waals surface area contributed by atoms with Crippen molar-refractivity contribution in [2.75, 3.05) is 0 Å². The molecule has 0 N–H and O–H groups in total. The van der Waals surface area contributed by atoms with Crippen LogP contribution in [0.3, 0.4) is 0 Å². The lowest BCUT2D eigenvalue weighted by molar-refractivity contribution is 1.19. The van der Waals surface area contributed by atoms with E-state index in [1.165, 1.54) is 32.6 Å². The van der Waals surface area contributed by atoms with Crippen LogP contribution in [0.2, 0.25) is 0 Å². The predicted octanol–water partition coefficient (Wildman–Crippen LogP) is 10.9. The minimum atomic E-state index is 0.733. The number of benzene rings is 7. The van der Waals surface area contributed by atoms with Gasteiger partial charge in [-0.05, 0) is 52.9 Å². The molecular weight excluding hydrogens is 546 g/mol. The Morgan fingerprint density at radius 3 is 1.82 bits per heavy atom. The van der Waals surface area contributed by atoms with Crippen molar-refractivity contribution in [3.8, 4) is 39.5 Å². The van der Waals surface area contributed by atoms with E-state index in [0.717, 1.165) is 50.4 Å². The van der Waals surface area contributed by atoms with Gasteiger partial charge in [0.15, 0.2) is 5.82 Å². The Labute approximate surface area is 260 Å². The monoisotopic (exact) mass is 573 g/mol. The Balaban J connectivity index is 1.28. The Hall–Kier alpha value is -6.06. The molecule has 3 nitrogen and oxygen atoms in total. The molecule has 0 saturated heterocycles. The maximum Gasteiger partial charge on any atom is 0.160 e. The van der Waals surface area contributed by atoms with E-state index in [1.807, 2.05) is 24.3 Å². The summed E-state index contributed by atoms with van der Waals surface area (Å²) in [6.45, 7) is 0. The Morgan fingerprint density at radius 2 is 1.04 bits per heavy atom.